The van der Waals surface area contributed by atoms with Gasteiger partial charge in [0, 0.05) is 11.4 Å². The lowest BCUT2D eigenvalue weighted by molar-refractivity contribution is -0.142. The van der Waals surface area contributed by atoms with Gasteiger partial charge in [-0.1, -0.05) is 6.07 Å². The van der Waals surface area contributed by atoms with Crippen LogP contribution >= 0.6 is 11.3 Å². The number of hydrogen-bond acceptors (Lipinski definition) is 4. The molecule has 2 rings (SSSR count). The number of thiophene rings is 1. The smallest absolute Gasteiger partial charge is 0.322 e. The average Bonchev–Trinajstić information content (AvgIpc) is 2.92. The summed E-state index contributed by atoms with van der Waals surface area (Å²) >= 11 is 1.46. The molecule has 1 aromatic heterocycles. The Kier molecular flexibility index (Phi) is 4.79. The molecule has 0 radical (unpaired) electrons. The lowest BCUT2D eigenvalue weighted by Gasteiger charge is -2.32. The maximum Gasteiger partial charge on any atom is 0.322 e. The molecule has 0 amide bonds. The molecule has 1 aliphatic heterocycles. The molecule has 0 bridgehead atoms. The molecule has 1 aromatic rings. The minimum Gasteiger partial charge on any atom is -0.480 e. The highest BCUT2D eigenvalue weighted by molar-refractivity contribution is 7.87. The third-order valence-corrected chi connectivity index (χ3v) is 6.10. The molecule has 1 saturated heterocycles. The zero-order chi connectivity index (χ0) is 14.8. The Labute approximate surface area is 122 Å². The average molecular weight is 318 g/mol. The van der Waals surface area contributed by atoms with Crippen molar-refractivity contribution < 1.29 is 18.3 Å². The Morgan fingerprint density at radius 3 is 2.90 bits per heavy atom. The number of rotatable bonds is 5. The number of nitrogens with one attached hydrogen (secondary N) is 1. The van der Waals surface area contributed by atoms with Crippen LogP contribution in [0.4, 0.5) is 0 Å². The number of piperidine rings is 1. The van der Waals surface area contributed by atoms with Gasteiger partial charge in [-0.3, -0.25) is 4.79 Å². The van der Waals surface area contributed by atoms with Crippen LogP contribution in [0.15, 0.2) is 17.5 Å². The molecule has 0 aliphatic carbocycles. The Balaban J connectivity index is 2.14. The first-order valence-corrected chi connectivity index (χ1v) is 8.79. The highest BCUT2D eigenvalue weighted by Gasteiger charge is 2.37. The summed E-state index contributed by atoms with van der Waals surface area (Å²) in [6.45, 7) is 2.01. The van der Waals surface area contributed by atoms with Crippen LogP contribution in [0.5, 0.6) is 0 Å². The van der Waals surface area contributed by atoms with Crippen molar-refractivity contribution in [3.8, 4) is 0 Å². The fraction of sp³-hybridized carbons (Fsp3) is 0.583. The van der Waals surface area contributed by atoms with Crippen molar-refractivity contribution in [2.24, 2.45) is 0 Å². The van der Waals surface area contributed by atoms with E-state index in [4.69, 9.17) is 5.11 Å². The van der Waals surface area contributed by atoms with Crippen LogP contribution in [-0.4, -0.2) is 36.4 Å². The summed E-state index contributed by atoms with van der Waals surface area (Å²) in [6.07, 6.45) is 1.80. The summed E-state index contributed by atoms with van der Waals surface area (Å²) < 4.78 is 28.4. The second-order valence-corrected chi connectivity index (χ2v) is 7.45. The highest BCUT2D eigenvalue weighted by Crippen LogP contribution is 2.23. The van der Waals surface area contributed by atoms with Gasteiger partial charge in [0.25, 0.3) is 10.2 Å². The van der Waals surface area contributed by atoms with Crippen molar-refractivity contribution in [2.75, 3.05) is 6.54 Å². The Hall–Kier alpha value is -0.960. The lowest BCUT2D eigenvalue weighted by atomic mass is 10.1. The SMILES string of the molecule is C[C@@H](NS(=O)(=O)N1CCCCC1C(=O)O)c1cccs1. The van der Waals surface area contributed by atoms with E-state index < -0.39 is 22.2 Å². The zero-order valence-electron chi connectivity index (χ0n) is 11.2. The van der Waals surface area contributed by atoms with E-state index in [1.807, 2.05) is 17.5 Å². The van der Waals surface area contributed by atoms with Crippen LogP contribution in [0.3, 0.4) is 0 Å². The van der Waals surface area contributed by atoms with Crippen LogP contribution in [0, 0.1) is 0 Å². The first-order valence-electron chi connectivity index (χ1n) is 6.47. The fourth-order valence-corrected chi connectivity index (χ4v) is 4.74. The number of carboxylic acid groups (broad SMARTS) is 1. The summed E-state index contributed by atoms with van der Waals surface area (Å²) in [5.74, 6) is -1.08. The maximum absolute atomic E-state index is 12.4. The van der Waals surface area contributed by atoms with E-state index in [9.17, 15) is 13.2 Å². The van der Waals surface area contributed by atoms with Crippen LogP contribution in [0.1, 0.15) is 37.1 Å². The molecule has 0 saturated carbocycles. The lowest BCUT2D eigenvalue weighted by Crippen LogP contribution is -2.52. The van der Waals surface area contributed by atoms with Crippen LogP contribution in [0.2, 0.25) is 0 Å². The summed E-state index contributed by atoms with van der Waals surface area (Å²) in [4.78, 5) is 12.1. The number of nitrogens with zero attached hydrogens (tertiary/aromatic N) is 1. The maximum atomic E-state index is 12.4. The van der Waals surface area contributed by atoms with E-state index in [0.29, 0.717) is 12.8 Å². The first kappa shape index (κ1) is 15.4. The normalized spacial score (nSPS) is 22.6. The van der Waals surface area contributed by atoms with E-state index in [1.54, 1.807) is 6.92 Å². The monoisotopic (exact) mass is 318 g/mol. The minimum absolute atomic E-state index is 0.253. The number of hydrogen-bond donors (Lipinski definition) is 2. The Morgan fingerprint density at radius 1 is 1.55 bits per heavy atom. The van der Waals surface area contributed by atoms with Crippen LogP contribution < -0.4 is 4.72 Å². The van der Waals surface area contributed by atoms with Crippen LogP contribution in [-0.2, 0) is 15.0 Å². The zero-order valence-corrected chi connectivity index (χ0v) is 12.8. The highest BCUT2D eigenvalue weighted by atomic mass is 32.2. The van der Waals surface area contributed by atoms with Crippen molar-refractivity contribution in [2.45, 2.75) is 38.3 Å². The molecule has 20 heavy (non-hydrogen) atoms. The topological polar surface area (TPSA) is 86.7 Å². The summed E-state index contributed by atoms with van der Waals surface area (Å²) in [7, 11) is -3.79. The Bertz CT molecular complexity index is 556. The van der Waals surface area contributed by atoms with E-state index >= 15 is 0 Å². The molecule has 2 N–H and O–H groups in total. The van der Waals surface area contributed by atoms with E-state index in [0.717, 1.165) is 15.6 Å². The molecule has 1 fully saturated rings. The van der Waals surface area contributed by atoms with Gasteiger partial charge in [0.1, 0.15) is 6.04 Å². The Morgan fingerprint density at radius 2 is 2.30 bits per heavy atom. The summed E-state index contributed by atoms with van der Waals surface area (Å²) in [6, 6.07) is 2.38. The van der Waals surface area contributed by atoms with Crippen molar-refractivity contribution in [1.82, 2.24) is 9.03 Å². The van der Waals surface area contributed by atoms with Gasteiger partial charge in [0.2, 0.25) is 0 Å². The molecular weight excluding hydrogens is 300 g/mol. The number of carbonyl (C=O) groups is 1. The van der Waals surface area contributed by atoms with Gasteiger partial charge in [0.15, 0.2) is 0 Å². The van der Waals surface area contributed by atoms with E-state index in [1.165, 1.54) is 11.3 Å². The summed E-state index contributed by atoms with van der Waals surface area (Å²) in [5, 5.41) is 11.0. The number of carboxylic acids is 1. The van der Waals surface area contributed by atoms with Gasteiger partial charge in [0.05, 0.1) is 6.04 Å². The van der Waals surface area contributed by atoms with E-state index in [2.05, 4.69) is 4.72 Å². The molecule has 6 nitrogen and oxygen atoms in total. The molecule has 0 aromatic carbocycles. The quantitative estimate of drug-likeness (QED) is 0.863. The molecule has 0 spiro atoms. The molecule has 2 heterocycles. The molecule has 112 valence electrons. The molecule has 2 atom stereocenters. The van der Waals surface area contributed by atoms with Crippen molar-refractivity contribution in [1.29, 1.82) is 0 Å². The second-order valence-electron chi connectivity index (χ2n) is 4.82. The molecule has 8 heteroatoms. The third-order valence-electron chi connectivity index (χ3n) is 3.34. The van der Waals surface area contributed by atoms with Gasteiger partial charge in [-0.05, 0) is 37.6 Å². The molecule has 1 aliphatic rings. The van der Waals surface area contributed by atoms with Gasteiger partial charge in [-0.25, -0.2) is 0 Å². The third kappa shape index (κ3) is 3.38. The predicted molar refractivity (Wildman–Crippen MR) is 76.8 cm³/mol. The molecular formula is C12H18N2O4S2. The largest absolute Gasteiger partial charge is 0.480 e. The molecule has 1 unspecified atom stereocenters. The number of aliphatic carboxylic acids is 1. The van der Waals surface area contributed by atoms with E-state index in [-0.39, 0.29) is 12.6 Å². The van der Waals surface area contributed by atoms with Gasteiger partial charge < -0.3 is 5.11 Å². The van der Waals surface area contributed by atoms with Gasteiger partial charge in [-0.15, -0.1) is 11.3 Å². The van der Waals surface area contributed by atoms with Gasteiger partial charge >= 0.3 is 5.97 Å². The van der Waals surface area contributed by atoms with Crippen molar-refractivity contribution >= 4 is 27.5 Å². The fourth-order valence-electron chi connectivity index (χ4n) is 2.33. The summed E-state index contributed by atoms with van der Waals surface area (Å²) in [5.41, 5.74) is 0. The van der Waals surface area contributed by atoms with Crippen molar-refractivity contribution in [3.05, 3.63) is 22.4 Å². The van der Waals surface area contributed by atoms with Crippen LogP contribution in [0.25, 0.3) is 0 Å². The first-order chi connectivity index (χ1) is 9.42. The standard InChI is InChI=1S/C12H18N2O4S2/c1-9(11-6-4-8-19-11)13-20(17,18)14-7-3-2-5-10(14)12(15)16/h4,6,8-10,13H,2-3,5,7H2,1H3,(H,15,16)/t9-,10?/m1/s1. The minimum atomic E-state index is -3.79. The van der Waals surface area contributed by atoms with Crippen molar-refractivity contribution in [3.63, 3.8) is 0 Å². The van der Waals surface area contributed by atoms with Gasteiger partial charge in [-0.2, -0.15) is 17.4 Å². The predicted octanol–water partition coefficient (Wildman–Crippen LogP) is 1.58. The second kappa shape index (κ2) is 6.21.